The van der Waals surface area contributed by atoms with E-state index in [0.29, 0.717) is 12.0 Å². The van der Waals surface area contributed by atoms with E-state index in [1.807, 2.05) is 60.7 Å². The van der Waals surface area contributed by atoms with Crippen LogP contribution >= 0.6 is 0 Å². The van der Waals surface area contributed by atoms with Gasteiger partial charge in [-0.05, 0) is 36.6 Å². The maximum atomic E-state index is 12.8. The van der Waals surface area contributed by atoms with Gasteiger partial charge in [0.15, 0.2) is 5.78 Å². The van der Waals surface area contributed by atoms with Crippen molar-refractivity contribution in [2.75, 3.05) is 13.6 Å². The fraction of sp³-hybridized carbons (Fsp3) is 0.231. The topological polar surface area (TPSA) is 83.6 Å². The van der Waals surface area contributed by atoms with Gasteiger partial charge in [-0.25, -0.2) is 12.7 Å². The maximum absolute atomic E-state index is 12.8. The Morgan fingerprint density at radius 3 is 1.85 bits per heavy atom. The summed E-state index contributed by atoms with van der Waals surface area (Å²) < 4.78 is 26.8. The quantitative estimate of drug-likeness (QED) is 0.456. The van der Waals surface area contributed by atoms with Crippen molar-refractivity contribution in [2.24, 2.45) is 0 Å². The van der Waals surface area contributed by atoms with Gasteiger partial charge in [0.2, 0.25) is 15.9 Å². The molecule has 0 spiro atoms. The summed E-state index contributed by atoms with van der Waals surface area (Å²) in [6.45, 7) is 1.63. The number of ketones is 1. The monoisotopic (exact) mass is 464 g/mol. The minimum absolute atomic E-state index is 0.118. The van der Waals surface area contributed by atoms with Crippen LogP contribution in [-0.2, 0) is 14.8 Å². The standard InChI is InChI=1S/C26H28N2O4S/c1-20(29)21-15-17-24(18-16-21)33(31,32)28(2)19-9-14-25(30)27-26(22-10-5-3-6-11-22)23-12-7-4-8-13-23/h3-8,10-13,15-18,26H,9,14,19H2,1-2H3,(H,27,30). The highest BCUT2D eigenvalue weighted by Crippen LogP contribution is 2.22. The van der Waals surface area contributed by atoms with Crippen LogP contribution in [0.1, 0.15) is 47.3 Å². The average molecular weight is 465 g/mol. The van der Waals surface area contributed by atoms with Crippen LogP contribution in [0.2, 0.25) is 0 Å². The molecule has 6 nitrogen and oxygen atoms in total. The lowest BCUT2D eigenvalue weighted by Gasteiger charge is -2.21. The summed E-state index contributed by atoms with van der Waals surface area (Å²) in [6, 6.07) is 25.0. The molecule has 0 aromatic heterocycles. The summed E-state index contributed by atoms with van der Waals surface area (Å²) in [5.74, 6) is -0.271. The minimum Gasteiger partial charge on any atom is -0.345 e. The van der Waals surface area contributed by atoms with Crippen molar-refractivity contribution in [3.8, 4) is 0 Å². The first-order chi connectivity index (χ1) is 15.8. The van der Waals surface area contributed by atoms with Crippen LogP contribution in [-0.4, -0.2) is 38.0 Å². The molecule has 0 fully saturated rings. The zero-order valence-electron chi connectivity index (χ0n) is 18.8. The van der Waals surface area contributed by atoms with E-state index in [1.165, 1.54) is 42.5 Å². The summed E-state index contributed by atoms with van der Waals surface area (Å²) in [5, 5.41) is 3.07. The number of amides is 1. The van der Waals surface area contributed by atoms with E-state index in [4.69, 9.17) is 0 Å². The first-order valence-corrected chi connectivity index (χ1v) is 12.2. The molecule has 33 heavy (non-hydrogen) atoms. The van der Waals surface area contributed by atoms with Crippen molar-refractivity contribution < 1.29 is 18.0 Å². The second-order valence-corrected chi connectivity index (χ2v) is 9.88. The van der Waals surface area contributed by atoms with Gasteiger partial charge in [-0.3, -0.25) is 9.59 Å². The highest BCUT2D eigenvalue weighted by Gasteiger charge is 2.21. The second kappa shape index (κ2) is 11.0. The van der Waals surface area contributed by atoms with Crippen LogP contribution in [0.4, 0.5) is 0 Å². The molecule has 0 aliphatic heterocycles. The van der Waals surface area contributed by atoms with Gasteiger partial charge in [0.25, 0.3) is 0 Å². The van der Waals surface area contributed by atoms with Gasteiger partial charge in [-0.1, -0.05) is 72.8 Å². The molecule has 1 amide bonds. The lowest BCUT2D eigenvalue weighted by atomic mass is 9.98. The average Bonchev–Trinajstić information content (AvgIpc) is 2.83. The number of hydrogen-bond donors (Lipinski definition) is 1. The van der Waals surface area contributed by atoms with Gasteiger partial charge in [0.1, 0.15) is 0 Å². The van der Waals surface area contributed by atoms with E-state index in [1.54, 1.807) is 0 Å². The SMILES string of the molecule is CC(=O)c1ccc(S(=O)(=O)N(C)CCCC(=O)NC(c2ccccc2)c2ccccc2)cc1. The fourth-order valence-electron chi connectivity index (χ4n) is 3.51. The Kier molecular flexibility index (Phi) is 8.14. The molecule has 172 valence electrons. The van der Waals surface area contributed by atoms with E-state index < -0.39 is 10.0 Å². The summed E-state index contributed by atoms with van der Waals surface area (Å²) in [6.07, 6.45) is 0.572. The van der Waals surface area contributed by atoms with Gasteiger partial charge in [-0.15, -0.1) is 0 Å². The van der Waals surface area contributed by atoms with E-state index >= 15 is 0 Å². The molecule has 3 rings (SSSR count). The Labute approximate surface area is 195 Å². The Morgan fingerprint density at radius 1 is 0.848 bits per heavy atom. The number of nitrogens with one attached hydrogen (secondary N) is 1. The Bertz CT molecular complexity index is 1140. The molecule has 3 aromatic rings. The molecule has 0 aliphatic rings. The van der Waals surface area contributed by atoms with Crippen molar-refractivity contribution in [3.63, 3.8) is 0 Å². The first-order valence-electron chi connectivity index (χ1n) is 10.8. The lowest BCUT2D eigenvalue weighted by molar-refractivity contribution is -0.121. The van der Waals surface area contributed by atoms with Crippen LogP contribution in [0.15, 0.2) is 89.8 Å². The number of carbonyl (C=O) groups is 2. The van der Waals surface area contributed by atoms with Gasteiger partial charge in [-0.2, -0.15) is 0 Å². The van der Waals surface area contributed by atoms with Crippen LogP contribution in [0, 0.1) is 0 Å². The third kappa shape index (κ3) is 6.37. The van der Waals surface area contributed by atoms with Gasteiger partial charge < -0.3 is 5.32 Å². The largest absolute Gasteiger partial charge is 0.345 e. The van der Waals surface area contributed by atoms with Crippen molar-refractivity contribution in [3.05, 3.63) is 102 Å². The third-order valence-corrected chi connectivity index (χ3v) is 7.29. The first kappa shape index (κ1) is 24.4. The number of carbonyl (C=O) groups excluding carboxylic acids is 2. The van der Waals surface area contributed by atoms with Crippen LogP contribution in [0.5, 0.6) is 0 Å². The van der Waals surface area contributed by atoms with E-state index in [0.717, 1.165) is 11.1 Å². The Morgan fingerprint density at radius 2 is 1.36 bits per heavy atom. The number of hydrogen-bond acceptors (Lipinski definition) is 4. The highest BCUT2D eigenvalue weighted by atomic mass is 32.2. The predicted molar refractivity (Wildman–Crippen MR) is 128 cm³/mol. The maximum Gasteiger partial charge on any atom is 0.242 e. The summed E-state index contributed by atoms with van der Waals surface area (Å²) in [5.41, 5.74) is 2.41. The molecule has 7 heteroatoms. The van der Waals surface area contributed by atoms with Crippen molar-refractivity contribution in [2.45, 2.75) is 30.7 Å². The number of Topliss-reactive ketones (excluding diaryl/α,β-unsaturated/α-hetero) is 1. The number of benzene rings is 3. The van der Waals surface area contributed by atoms with Crippen LogP contribution in [0.25, 0.3) is 0 Å². The molecule has 0 atom stereocenters. The number of nitrogens with zero attached hydrogens (tertiary/aromatic N) is 1. The van der Waals surface area contributed by atoms with E-state index in [-0.39, 0.29) is 35.6 Å². The fourth-order valence-corrected chi connectivity index (χ4v) is 4.72. The predicted octanol–water partition coefficient (Wildman–Crippen LogP) is 4.20. The smallest absolute Gasteiger partial charge is 0.242 e. The van der Waals surface area contributed by atoms with Gasteiger partial charge >= 0.3 is 0 Å². The molecule has 1 N–H and O–H groups in total. The van der Waals surface area contributed by atoms with Crippen LogP contribution < -0.4 is 5.32 Å². The molecule has 0 aliphatic carbocycles. The molecule has 0 radical (unpaired) electrons. The Balaban J connectivity index is 1.60. The molecule has 0 heterocycles. The molecular formula is C26H28N2O4S. The number of sulfonamides is 1. The Hall–Kier alpha value is -3.29. The molecule has 0 saturated heterocycles. The van der Waals surface area contributed by atoms with E-state index in [2.05, 4.69) is 5.32 Å². The zero-order valence-corrected chi connectivity index (χ0v) is 19.6. The minimum atomic E-state index is -3.70. The number of rotatable bonds is 10. The third-order valence-electron chi connectivity index (χ3n) is 5.42. The summed E-state index contributed by atoms with van der Waals surface area (Å²) in [7, 11) is -2.21. The zero-order chi connectivity index (χ0) is 23.8. The highest BCUT2D eigenvalue weighted by molar-refractivity contribution is 7.89. The lowest BCUT2D eigenvalue weighted by Crippen LogP contribution is -2.31. The van der Waals surface area contributed by atoms with Crippen molar-refractivity contribution in [1.82, 2.24) is 9.62 Å². The summed E-state index contributed by atoms with van der Waals surface area (Å²) >= 11 is 0. The molecule has 0 unspecified atom stereocenters. The van der Waals surface area contributed by atoms with Gasteiger partial charge in [0, 0.05) is 25.6 Å². The molecule has 0 bridgehead atoms. The van der Waals surface area contributed by atoms with Crippen molar-refractivity contribution in [1.29, 1.82) is 0 Å². The second-order valence-electron chi connectivity index (χ2n) is 7.83. The van der Waals surface area contributed by atoms with E-state index in [9.17, 15) is 18.0 Å². The normalized spacial score (nSPS) is 11.5. The molecule has 3 aromatic carbocycles. The summed E-state index contributed by atoms with van der Waals surface area (Å²) in [4.78, 5) is 24.2. The van der Waals surface area contributed by atoms with Crippen molar-refractivity contribution >= 4 is 21.7 Å². The molecular weight excluding hydrogens is 436 g/mol. The van der Waals surface area contributed by atoms with Crippen LogP contribution in [0.3, 0.4) is 0 Å². The molecule has 0 saturated carbocycles. The van der Waals surface area contributed by atoms with Gasteiger partial charge in [0.05, 0.1) is 10.9 Å².